The van der Waals surface area contributed by atoms with Gasteiger partial charge in [-0.1, -0.05) is 6.42 Å². The first-order chi connectivity index (χ1) is 5.90. The fourth-order valence-electron chi connectivity index (χ4n) is 2.35. The van der Waals surface area contributed by atoms with E-state index in [2.05, 4.69) is 4.90 Å². The number of rotatable bonds is 3. The van der Waals surface area contributed by atoms with E-state index in [4.69, 9.17) is 5.11 Å². The van der Waals surface area contributed by atoms with Crippen LogP contribution in [0.2, 0.25) is 0 Å². The van der Waals surface area contributed by atoms with Gasteiger partial charge in [-0.3, -0.25) is 4.90 Å². The van der Waals surface area contributed by atoms with Crippen molar-refractivity contribution in [2.24, 2.45) is 5.92 Å². The molecule has 0 radical (unpaired) electrons. The van der Waals surface area contributed by atoms with Gasteiger partial charge in [0.25, 0.3) is 0 Å². The second-order valence-electron chi connectivity index (χ2n) is 4.27. The average molecular weight is 169 g/mol. The van der Waals surface area contributed by atoms with Crippen molar-refractivity contribution in [2.45, 2.75) is 38.1 Å². The SMILES string of the molecule is OC[C@@H]1CCCN1CC1CCC1. The zero-order valence-corrected chi connectivity index (χ0v) is 7.71. The van der Waals surface area contributed by atoms with Crippen LogP contribution < -0.4 is 0 Å². The maximum Gasteiger partial charge on any atom is 0.0586 e. The van der Waals surface area contributed by atoms with Crippen LogP contribution in [0.25, 0.3) is 0 Å². The quantitative estimate of drug-likeness (QED) is 0.687. The fraction of sp³-hybridized carbons (Fsp3) is 1.00. The molecular weight excluding hydrogens is 150 g/mol. The number of hydrogen-bond acceptors (Lipinski definition) is 2. The molecular formula is C10H19NO. The summed E-state index contributed by atoms with van der Waals surface area (Å²) in [4.78, 5) is 2.49. The monoisotopic (exact) mass is 169 g/mol. The molecule has 70 valence electrons. The highest BCUT2D eigenvalue weighted by molar-refractivity contribution is 4.82. The molecule has 0 spiro atoms. The van der Waals surface area contributed by atoms with Crippen LogP contribution in [0.15, 0.2) is 0 Å². The highest BCUT2D eigenvalue weighted by Gasteiger charge is 2.28. The minimum Gasteiger partial charge on any atom is -0.395 e. The second kappa shape index (κ2) is 3.75. The van der Waals surface area contributed by atoms with Crippen molar-refractivity contribution in [2.75, 3.05) is 19.7 Å². The van der Waals surface area contributed by atoms with E-state index in [1.807, 2.05) is 0 Å². The van der Waals surface area contributed by atoms with Crippen molar-refractivity contribution in [3.05, 3.63) is 0 Å². The molecule has 2 fully saturated rings. The van der Waals surface area contributed by atoms with Crippen molar-refractivity contribution < 1.29 is 5.11 Å². The van der Waals surface area contributed by atoms with Crippen LogP contribution in [-0.2, 0) is 0 Å². The molecule has 2 nitrogen and oxygen atoms in total. The lowest BCUT2D eigenvalue weighted by molar-refractivity contribution is 0.120. The Morgan fingerprint density at radius 1 is 1.17 bits per heavy atom. The van der Waals surface area contributed by atoms with E-state index in [1.54, 1.807) is 0 Å². The van der Waals surface area contributed by atoms with Gasteiger partial charge in [-0.2, -0.15) is 0 Å². The minimum absolute atomic E-state index is 0.368. The van der Waals surface area contributed by atoms with Gasteiger partial charge in [0.15, 0.2) is 0 Å². The molecule has 0 amide bonds. The molecule has 2 heteroatoms. The molecule has 0 aromatic rings. The number of hydrogen-bond donors (Lipinski definition) is 1. The van der Waals surface area contributed by atoms with Crippen LogP contribution in [0, 0.1) is 5.92 Å². The van der Waals surface area contributed by atoms with Crippen molar-refractivity contribution in [1.82, 2.24) is 4.90 Å². The fourth-order valence-corrected chi connectivity index (χ4v) is 2.35. The molecule has 1 atom stereocenters. The molecule has 1 N–H and O–H groups in total. The van der Waals surface area contributed by atoms with Gasteiger partial charge in [-0.25, -0.2) is 0 Å². The van der Waals surface area contributed by atoms with Gasteiger partial charge in [0, 0.05) is 12.6 Å². The molecule has 0 bridgehead atoms. The number of aliphatic hydroxyl groups is 1. The van der Waals surface area contributed by atoms with Crippen LogP contribution in [0.4, 0.5) is 0 Å². The van der Waals surface area contributed by atoms with Crippen molar-refractivity contribution in [1.29, 1.82) is 0 Å². The third kappa shape index (κ3) is 1.64. The lowest BCUT2D eigenvalue weighted by Gasteiger charge is -2.32. The van der Waals surface area contributed by atoms with E-state index in [1.165, 1.54) is 45.2 Å². The Hall–Kier alpha value is -0.0800. The predicted molar refractivity (Wildman–Crippen MR) is 49.0 cm³/mol. The van der Waals surface area contributed by atoms with E-state index >= 15 is 0 Å². The van der Waals surface area contributed by atoms with Crippen LogP contribution in [0.3, 0.4) is 0 Å². The van der Waals surface area contributed by atoms with Gasteiger partial charge >= 0.3 is 0 Å². The molecule has 2 rings (SSSR count). The molecule has 1 saturated heterocycles. The summed E-state index contributed by atoms with van der Waals surface area (Å²) in [5.41, 5.74) is 0. The summed E-state index contributed by atoms with van der Waals surface area (Å²) < 4.78 is 0. The second-order valence-corrected chi connectivity index (χ2v) is 4.27. The largest absolute Gasteiger partial charge is 0.395 e. The Morgan fingerprint density at radius 3 is 2.58 bits per heavy atom. The Kier molecular flexibility index (Phi) is 2.66. The Labute approximate surface area is 74.6 Å². The zero-order valence-electron chi connectivity index (χ0n) is 7.71. The van der Waals surface area contributed by atoms with Gasteiger partial charge in [0.1, 0.15) is 0 Å². The zero-order chi connectivity index (χ0) is 8.39. The first kappa shape index (κ1) is 8.52. The normalized spacial score (nSPS) is 32.2. The van der Waals surface area contributed by atoms with Gasteiger partial charge in [-0.05, 0) is 38.1 Å². The lowest BCUT2D eigenvalue weighted by Crippen LogP contribution is -2.37. The van der Waals surface area contributed by atoms with Gasteiger partial charge < -0.3 is 5.11 Å². The van der Waals surface area contributed by atoms with Crippen LogP contribution >= 0.6 is 0 Å². The average Bonchev–Trinajstić information content (AvgIpc) is 2.43. The number of likely N-dealkylation sites (tertiary alicyclic amines) is 1. The maximum absolute atomic E-state index is 9.10. The molecule has 0 unspecified atom stereocenters. The Balaban J connectivity index is 1.77. The topological polar surface area (TPSA) is 23.5 Å². The van der Waals surface area contributed by atoms with Crippen LogP contribution in [0.5, 0.6) is 0 Å². The third-order valence-corrected chi connectivity index (χ3v) is 3.43. The molecule has 2 aliphatic rings. The Bertz CT molecular complexity index is 145. The highest BCUT2D eigenvalue weighted by Crippen LogP contribution is 2.29. The summed E-state index contributed by atoms with van der Waals surface area (Å²) >= 11 is 0. The number of nitrogens with zero attached hydrogens (tertiary/aromatic N) is 1. The summed E-state index contributed by atoms with van der Waals surface area (Å²) in [5.74, 6) is 0.956. The molecule has 1 heterocycles. The van der Waals surface area contributed by atoms with Crippen LogP contribution in [0.1, 0.15) is 32.1 Å². The smallest absolute Gasteiger partial charge is 0.0586 e. The highest BCUT2D eigenvalue weighted by atomic mass is 16.3. The summed E-state index contributed by atoms with van der Waals surface area (Å²) in [6, 6.07) is 0.491. The summed E-state index contributed by atoms with van der Waals surface area (Å²) in [6.45, 7) is 2.85. The molecule has 0 aromatic heterocycles. The maximum atomic E-state index is 9.10. The first-order valence-electron chi connectivity index (χ1n) is 5.25. The minimum atomic E-state index is 0.368. The predicted octanol–water partition coefficient (Wildman–Crippen LogP) is 1.24. The summed E-state index contributed by atoms with van der Waals surface area (Å²) in [6.07, 6.45) is 6.78. The van der Waals surface area contributed by atoms with E-state index in [0.29, 0.717) is 12.6 Å². The van der Waals surface area contributed by atoms with E-state index < -0.39 is 0 Å². The lowest BCUT2D eigenvalue weighted by atomic mass is 9.85. The first-order valence-corrected chi connectivity index (χ1v) is 5.25. The molecule has 1 aliphatic heterocycles. The molecule has 1 saturated carbocycles. The van der Waals surface area contributed by atoms with Crippen molar-refractivity contribution in [3.8, 4) is 0 Å². The number of aliphatic hydroxyl groups excluding tert-OH is 1. The standard InChI is InChI=1S/C10H19NO/c12-8-10-5-2-6-11(10)7-9-3-1-4-9/h9-10,12H,1-8H2/t10-/m0/s1. The van der Waals surface area contributed by atoms with Gasteiger partial charge in [-0.15, -0.1) is 0 Å². The van der Waals surface area contributed by atoms with Gasteiger partial charge in [0.05, 0.1) is 6.61 Å². The molecule has 12 heavy (non-hydrogen) atoms. The van der Waals surface area contributed by atoms with E-state index in [9.17, 15) is 0 Å². The summed E-state index contributed by atoms with van der Waals surface area (Å²) in [5, 5.41) is 9.10. The summed E-state index contributed by atoms with van der Waals surface area (Å²) in [7, 11) is 0. The molecule has 1 aliphatic carbocycles. The Morgan fingerprint density at radius 2 is 2.00 bits per heavy atom. The van der Waals surface area contributed by atoms with Crippen LogP contribution in [-0.4, -0.2) is 35.7 Å². The van der Waals surface area contributed by atoms with Crippen molar-refractivity contribution in [3.63, 3.8) is 0 Å². The van der Waals surface area contributed by atoms with E-state index in [0.717, 1.165) is 5.92 Å². The van der Waals surface area contributed by atoms with E-state index in [-0.39, 0.29) is 0 Å². The molecule has 0 aromatic carbocycles. The van der Waals surface area contributed by atoms with Crippen molar-refractivity contribution >= 4 is 0 Å². The third-order valence-electron chi connectivity index (χ3n) is 3.43. The van der Waals surface area contributed by atoms with Gasteiger partial charge in [0.2, 0.25) is 0 Å².